The average molecular weight is 252 g/mol. The third kappa shape index (κ3) is 4.13. The van der Waals surface area contributed by atoms with Gasteiger partial charge in [-0.05, 0) is 36.8 Å². The Bertz CT molecular complexity index is 350. The minimum absolute atomic E-state index is 0.146. The topological polar surface area (TPSA) is 32.3 Å². The summed E-state index contributed by atoms with van der Waals surface area (Å²) in [5, 5.41) is 5.01. The molecule has 2 heterocycles. The smallest absolute Gasteiger partial charge is 0.234 e. The first-order valence-electron chi connectivity index (χ1n) is 6.25. The number of likely N-dealkylation sites (tertiary alicyclic amines) is 1. The van der Waals surface area contributed by atoms with E-state index in [4.69, 9.17) is 0 Å². The maximum Gasteiger partial charge on any atom is 0.234 e. The van der Waals surface area contributed by atoms with E-state index in [2.05, 4.69) is 17.1 Å². The third-order valence-corrected chi connectivity index (χ3v) is 4.02. The van der Waals surface area contributed by atoms with Crippen LogP contribution in [0.5, 0.6) is 0 Å². The van der Waals surface area contributed by atoms with Crippen LogP contribution in [0.2, 0.25) is 0 Å². The summed E-state index contributed by atoms with van der Waals surface area (Å²) in [6.07, 6.45) is 2.52. The van der Waals surface area contributed by atoms with E-state index in [0.29, 0.717) is 13.1 Å². The Morgan fingerprint density at radius 1 is 1.65 bits per heavy atom. The molecule has 1 aliphatic heterocycles. The molecule has 1 aromatic rings. The van der Waals surface area contributed by atoms with E-state index in [1.807, 2.05) is 17.5 Å². The van der Waals surface area contributed by atoms with Crippen molar-refractivity contribution in [2.75, 3.05) is 19.6 Å². The summed E-state index contributed by atoms with van der Waals surface area (Å²) in [4.78, 5) is 15.2. The zero-order chi connectivity index (χ0) is 12.1. The van der Waals surface area contributed by atoms with Crippen molar-refractivity contribution < 1.29 is 4.79 Å². The molecule has 94 valence electrons. The van der Waals surface area contributed by atoms with E-state index >= 15 is 0 Å². The fourth-order valence-electron chi connectivity index (χ4n) is 2.29. The van der Waals surface area contributed by atoms with Gasteiger partial charge in [-0.25, -0.2) is 0 Å². The molecule has 1 saturated heterocycles. The molecule has 0 bridgehead atoms. The highest BCUT2D eigenvalue weighted by atomic mass is 32.1. The predicted octanol–water partition coefficient (Wildman–Crippen LogP) is 2.10. The largest absolute Gasteiger partial charge is 0.350 e. The van der Waals surface area contributed by atoms with Gasteiger partial charge in [-0.1, -0.05) is 13.0 Å². The van der Waals surface area contributed by atoms with E-state index in [1.54, 1.807) is 11.3 Å². The van der Waals surface area contributed by atoms with Crippen molar-refractivity contribution in [1.82, 2.24) is 10.2 Å². The average Bonchev–Trinajstić information content (AvgIpc) is 2.79. The lowest BCUT2D eigenvalue weighted by atomic mass is 10.0. The Kier molecular flexibility index (Phi) is 4.57. The summed E-state index contributed by atoms with van der Waals surface area (Å²) in [6.45, 7) is 5.61. The molecule has 3 nitrogen and oxygen atoms in total. The third-order valence-electron chi connectivity index (χ3n) is 3.15. The van der Waals surface area contributed by atoms with Gasteiger partial charge in [0, 0.05) is 11.4 Å². The molecule has 1 aromatic heterocycles. The number of nitrogens with one attached hydrogen (secondary N) is 1. The zero-order valence-corrected chi connectivity index (χ0v) is 11.1. The Labute approximate surface area is 107 Å². The predicted molar refractivity (Wildman–Crippen MR) is 71.0 cm³/mol. The molecule has 1 amide bonds. The van der Waals surface area contributed by atoms with Crippen molar-refractivity contribution in [3.8, 4) is 0 Å². The van der Waals surface area contributed by atoms with Gasteiger partial charge in [0.2, 0.25) is 5.91 Å². The monoisotopic (exact) mass is 252 g/mol. The maximum atomic E-state index is 11.8. The quantitative estimate of drug-likeness (QED) is 0.890. The van der Waals surface area contributed by atoms with Crippen LogP contribution in [0.3, 0.4) is 0 Å². The van der Waals surface area contributed by atoms with Crippen molar-refractivity contribution in [3.63, 3.8) is 0 Å². The molecule has 1 N–H and O–H groups in total. The summed E-state index contributed by atoms with van der Waals surface area (Å²) < 4.78 is 0. The van der Waals surface area contributed by atoms with Crippen molar-refractivity contribution in [3.05, 3.63) is 22.4 Å². The normalized spacial score (nSPS) is 21.4. The molecule has 0 saturated carbocycles. The first-order valence-corrected chi connectivity index (χ1v) is 7.13. The molecule has 1 unspecified atom stereocenters. The summed E-state index contributed by atoms with van der Waals surface area (Å²) in [5.41, 5.74) is 0. The second-order valence-electron chi connectivity index (χ2n) is 4.84. The lowest BCUT2D eigenvalue weighted by molar-refractivity contribution is -0.122. The van der Waals surface area contributed by atoms with E-state index < -0.39 is 0 Å². The highest BCUT2D eigenvalue weighted by Crippen LogP contribution is 2.14. The van der Waals surface area contributed by atoms with Crippen LogP contribution in [0.1, 0.15) is 24.6 Å². The Morgan fingerprint density at radius 3 is 3.24 bits per heavy atom. The molecule has 0 aromatic carbocycles. The van der Waals surface area contributed by atoms with Gasteiger partial charge < -0.3 is 5.32 Å². The van der Waals surface area contributed by atoms with Gasteiger partial charge in [0.1, 0.15) is 0 Å². The molecule has 2 rings (SSSR count). The molecule has 1 aliphatic rings. The lowest BCUT2D eigenvalue weighted by Gasteiger charge is -2.30. The maximum absolute atomic E-state index is 11.8. The van der Waals surface area contributed by atoms with Crippen LogP contribution in [-0.4, -0.2) is 30.4 Å². The van der Waals surface area contributed by atoms with Crippen molar-refractivity contribution in [2.24, 2.45) is 5.92 Å². The minimum atomic E-state index is 0.146. The van der Waals surface area contributed by atoms with E-state index in [-0.39, 0.29) is 5.91 Å². The first-order chi connectivity index (χ1) is 8.24. The summed E-state index contributed by atoms with van der Waals surface area (Å²) in [6, 6.07) is 4.06. The summed E-state index contributed by atoms with van der Waals surface area (Å²) in [7, 11) is 0. The summed E-state index contributed by atoms with van der Waals surface area (Å²) in [5.74, 6) is 0.876. The molecule has 0 aliphatic carbocycles. The van der Waals surface area contributed by atoms with Gasteiger partial charge in [0.25, 0.3) is 0 Å². The standard InChI is InChI=1S/C13H20N2OS/c1-11-4-2-6-15(9-11)10-13(16)14-8-12-5-3-7-17-12/h3,5,7,11H,2,4,6,8-10H2,1H3,(H,14,16). The van der Waals surface area contributed by atoms with Crippen LogP contribution in [0.4, 0.5) is 0 Å². The van der Waals surface area contributed by atoms with Crippen molar-refractivity contribution in [2.45, 2.75) is 26.3 Å². The van der Waals surface area contributed by atoms with Crippen LogP contribution < -0.4 is 5.32 Å². The second kappa shape index (κ2) is 6.17. The number of carbonyl (C=O) groups is 1. The van der Waals surface area contributed by atoms with E-state index in [0.717, 1.165) is 19.0 Å². The number of hydrogen-bond donors (Lipinski definition) is 1. The SMILES string of the molecule is CC1CCCN(CC(=O)NCc2cccs2)C1. The lowest BCUT2D eigenvalue weighted by Crippen LogP contribution is -2.41. The van der Waals surface area contributed by atoms with Gasteiger partial charge in [0.05, 0.1) is 13.1 Å². The molecule has 1 fully saturated rings. The molecule has 0 radical (unpaired) electrons. The molecule has 4 heteroatoms. The van der Waals surface area contributed by atoms with Gasteiger partial charge in [-0.2, -0.15) is 0 Å². The van der Waals surface area contributed by atoms with Gasteiger partial charge in [0.15, 0.2) is 0 Å². The highest BCUT2D eigenvalue weighted by molar-refractivity contribution is 7.09. The van der Waals surface area contributed by atoms with E-state index in [1.165, 1.54) is 17.7 Å². The molecular formula is C13H20N2OS. The highest BCUT2D eigenvalue weighted by Gasteiger charge is 2.18. The van der Waals surface area contributed by atoms with Gasteiger partial charge in [-0.3, -0.25) is 9.69 Å². The number of carbonyl (C=O) groups excluding carboxylic acids is 1. The Balaban J connectivity index is 1.70. The molecular weight excluding hydrogens is 232 g/mol. The number of amides is 1. The second-order valence-corrected chi connectivity index (χ2v) is 5.87. The van der Waals surface area contributed by atoms with Crippen LogP contribution in [0, 0.1) is 5.92 Å². The summed E-state index contributed by atoms with van der Waals surface area (Å²) >= 11 is 1.68. The van der Waals surface area contributed by atoms with Crippen LogP contribution in [0.25, 0.3) is 0 Å². The first kappa shape index (κ1) is 12.6. The molecule has 1 atom stereocenters. The number of piperidine rings is 1. The molecule has 17 heavy (non-hydrogen) atoms. The van der Waals surface area contributed by atoms with Gasteiger partial charge >= 0.3 is 0 Å². The van der Waals surface area contributed by atoms with Crippen LogP contribution >= 0.6 is 11.3 Å². The Hall–Kier alpha value is -0.870. The zero-order valence-electron chi connectivity index (χ0n) is 10.3. The van der Waals surface area contributed by atoms with Crippen molar-refractivity contribution in [1.29, 1.82) is 0 Å². The number of nitrogens with zero attached hydrogens (tertiary/aromatic N) is 1. The molecule has 0 spiro atoms. The fraction of sp³-hybridized carbons (Fsp3) is 0.615. The number of rotatable bonds is 4. The number of thiophene rings is 1. The minimum Gasteiger partial charge on any atom is -0.350 e. The van der Waals surface area contributed by atoms with Crippen LogP contribution in [0.15, 0.2) is 17.5 Å². The number of hydrogen-bond acceptors (Lipinski definition) is 3. The van der Waals surface area contributed by atoms with Crippen LogP contribution in [-0.2, 0) is 11.3 Å². The van der Waals surface area contributed by atoms with Gasteiger partial charge in [-0.15, -0.1) is 11.3 Å². The van der Waals surface area contributed by atoms with Crippen molar-refractivity contribution >= 4 is 17.2 Å². The Morgan fingerprint density at radius 2 is 2.53 bits per heavy atom. The van der Waals surface area contributed by atoms with E-state index in [9.17, 15) is 4.79 Å². The fourth-order valence-corrected chi connectivity index (χ4v) is 2.93.